The molecule has 1 aliphatic carbocycles. The highest BCUT2D eigenvalue weighted by Gasteiger charge is 2.16. The zero-order chi connectivity index (χ0) is 22.1. The number of rotatable bonds is 6. The van der Waals surface area contributed by atoms with Gasteiger partial charge in [-0.3, -0.25) is 4.98 Å². The van der Waals surface area contributed by atoms with Crippen molar-refractivity contribution in [3.05, 3.63) is 78.1 Å². The number of fused-ring (bicyclic) bond motifs is 1. The van der Waals surface area contributed by atoms with Crippen molar-refractivity contribution in [2.45, 2.75) is 58.4 Å². The second kappa shape index (κ2) is 11.5. The summed E-state index contributed by atoms with van der Waals surface area (Å²) in [7, 11) is 2.16. The van der Waals surface area contributed by atoms with Gasteiger partial charge in [-0.25, -0.2) is 4.99 Å². The average molecular weight is 414 g/mol. The van der Waals surface area contributed by atoms with Gasteiger partial charge in [0.15, 0.2) is 0 Å². The summed E-state index contributed by atoms with van der Waals surface area (Å²) in [4.78, 5) is 11.5. The van der Waals surface area contributed by atoms with Crippen LogP contribution in [0.3, 0.4) is 0 Å². The number of benzene rings is 2. The van der Waals surface area contributed by atoms with Gasteiger partial charge in [0, 0.05) is 36.4 Å². The third kappa shape index (κ3) is 5.61. The van der Waals surface area contributed by atoms with E-state index in [0.29, 0.717) is 6.04 Å². The van der Waals surface area contributed by atoms with Crippen LogP contribution >= 0.6 is 0 Å². The van der Waals surface area contributed by atoms with Gasteiger partial charge in [-0.15, -0.1) is 0 Å². The highest BCUT2D eigenvalue weighted by molar-refractivity contribution is 5.99. The van der Waals surface area contributed by atoms with Crippen LogP contribution in [-0.4, -0.2) is 29.3 Å². The van der Waals surface area contributed by atoms with Gasteiger partial charge in [0.2, 0.25) is 0 Å². The normalized spacial score (nSPS) is 14.3. The van der Waals surface area contributed by atoms with Crippen LogP contribution in [0.5, 0.6) is 0 Å². The molecule has 3 heteroatoms. The zero-order valence-electron chi connectivity index (χ0n) is 19.2. The summed E-state index contributed by atoms with van der Waals surface area (Å²) in [5, 5.41) is 2.42. The van der Waals surface area contributed by atoms with Crippen LogP contribution in [0.1, 0.15) is 62.6 Å². The maximum Gasteiger partial charge on any atom is 0.0912 e. The lowest BCUT2D eigenvalue weighted by atomic mass is 9.94. The second-order valence-electron chi connectivity index (χ2n) is 7.96. The lowest BCUT2D eigenvalue weighted by Gasteiger charge is -2.29. The Hall–Kier alpha value is -2.94. The summed E-state index contributed by atoms with van der Waals surface area (Å²) in [6.07, 6.45) is 15.1. The van der Waals surface area contributed by atoms with Crippen LogP contribution in [0, 0.1) is 0 Å². The molecule has 1 saturated carbocycles. The van der Waals surface area contributed by atoms with E-state index in [0.717, 1.165) is 17.7 Å². The number of pyridine rings is 1. The third-order valence-corrected chi connectivity index (χ3v) is 5.99. The molecule has 0 unspecified atom stereocenters. The molecule has 2 aromatic carbocycles. The summed E-state index contributed by atoms with van der Waals surface area (Å²) >= 11 is 0. The molecule has 0 aliphatic heterocycles. The highest BCUT2D eigenvalue weighted by atomic mass is 15.1. The molecule has 162 valence electrons. The van der Waals surface area contributed by atoms with Crippen LogP contribution in [0.15, 0.2) is 66.4 Å². The van der Waals surface area contributed by atoms with Crippen LogP contribution in [-0.2, 0) is 6.42 Å². The fourth-order valence-electron chi connectivity index (χ4n) is 4.36. The Bertz CT molecular complexity index is 1000. The molecule has 0 saturated heterocycles. The number of hydrogen-bond acceptors (Lipinski definition) is 2. The Labute approximate surface area is 187 Å². The molecule has 1 aliphatic rings. The number of aromatic nitrogens is 1. The quantitative estimate of drug-likeness (QED) is 0.311. The first kappa shape index (κ1) is 22.7. The van der Waals surface area contributed by atoms with E-state index >= 15 is 0 Å². The first-order chi connectivity index (χ1) is 15.3. The summed E-state index contributed by atoms with van der Waals surface area (Å²) < 4.78 is 0. The van der Waals surface area contributed by atoms with Crippen molar-refractivity contribution in [1.82, 2.24) is 9.88 Å². The highest BCUT2D eigenvalue weighted by Crippen LogP contribution is 2.35. The van der Waals surface area contributed by atoms with Gasteiger partial charge in [-0.2, -0.15) is 0 Å². The topological polar surface area (TPSA) is 28.5 Å². The minimum Gasteiger partial charge on any atom is -0.363 e. The van der Waals surface area contributed by atoms with E-state index in [4.69, 9.17) is 4.99 Å². The largest absolute Gasteiger partial charge is 0.363 e. The van der Waals surface area contributed by atoms with Crippen molar-refractivity contribution in [3.63, 3.8) is 0 Å². The van der Waals surface area contributed by atoms with Crippen LogP contribution in [0.4, 0.5) is 5.69 Å². The first-order valence-corrected chi connectivity index (χ1v) is 11.6. The Morgan fingerprint density at radius 2 is 1.81 bits per heavy atom. The molecule has 4 rings (SSSR count). The Morgan fingerprint density at radius 3 is 2.48 bits per heavy atom. The molecule has 0 atom stereocenters. The Morgan fingerprint density at radius 1 is 1.06 bits per heavy atom. The monoisotopic (exact) mass is 413 g/mol. The summed E-state index contributed by atoms with van der Waals surface area (Å²) in [6, 6.07) is 15.5. The van der Waals surface area contributed by atoms with Crippen LogP contribution in [0.25, 0.3) is 16.8 Å². The van der Waals surface area contributed by atoms with Crippen molar-refractivity contribution in [2.24, 2.45) is 4.99 Å². The van der Waals surface area contributed by atoms with E-state index in [1.165, 1.54) is 54.0 Å². The smallest absolute Gasteiger partial charge is 0.0912 e. The van der Waals surface area contributed by atoms with Crippen LogP contribution < -0.4 is 0 Å². The zero-order valence-corrected chi connectivity index (χ0v) is 19.2. The average Bonchev–Trinajstić information content (AvgIpc) is 2.85. The van der Waals surface area contributed by atoms with Crippen molar-refractivity contribution >= 4 is 28.9 Å². The third-order valence-electron chi connectivity index (χ3n) is 5.99. The molecule has 0 spiro atoms. The molecule has 31 heavy (non-hydrogen) atoms. The molecule has 0 radical (unpaired) electrons. The maximum absolute atomic E-state index is 4.95. The predicted molar refractivity (Wildman–Crippen MR) is 135 cm³/mol. The summed E-state index contributed by atoms with van der Waals surface area (Å²) in [6.45, 7) is 8.06. The molecular weight excluding hydrogens is 378 g/mol. The van der Waals surface area contributed by atoms with Gasteiger partial charge >= 0.3 is 0 Å². The molecular formula is C28H35N3. The van der Waals surface area contributed by atoms with E-state index in [1.807, 2.05) is 44.7 Å². The SMILES string of the molecule is C=Cc1cc(Cc2cccnc2)c2ccccc2c1N=CN(C)C1CCCCC1.CC. The van der Waals surface area contributed by atoms with Crippen molar-refractivity contribution in [3.8, 4) is 0 Å². The van der Waals surface area contributed by atoms with Gasteiger partial charge < -0.3 is 4.90 Å². The number of nitrogens with zero attached hydrogens (tertiary/aromatic N) is 3. The second-order valence-corrected chi connectivity index (χ2v) is 7.96. The lowest BCUT2D eigenvalue weighted by Crippen LogP contribution is -2.32. The van der Waals surface area contributed by atoms with Crippen LogP contribution in [0.2, 0.25) is 0 Å². The Kier molecular flexibility index (Phi) is 8.40. The molecule has 3 nitrogen and oxygen atoms in total. The fourth-order valence-corrected chi connectivity index (χ4v) is 4.36. The molecule has 1 heterocycles. The predicted octanol–water partition coefficient (Wildman–Crippen LogP) is 7.42. The van der Waals surface area contributed by atoms with Gasteiger partial charge in [-0.05, 0) is 47.9 Å². The number of aliphatic imine (C=N–C) groups is 1. The fraction of sp³-hybridized carbons (Fsp3) is 0.357. The maximum atomic E-state index is 4.95. The standard InChI is InChI=1S/C26H29N3.C2H6/c1-3-21-17-22(16-20-10-9-15-27-18-20)24-13-7-8-14-25(24)26(21)28-19-29(2)23-11-5-4-6-12-23;1-2/h3,7-10,13-15,17-19,23H,1,4-6,11-12,16H2,2H3;1-2H3. The van der Waals surface area contributed by atoms with Crippen molar-refractivity contribution in [1.29, 1.82) is 0 Å². The molecule has 1 fully saturated rings. The van der Waals surface area contributed by atoms with E-state index in [-0.39, 0.29) is 0 Å². The molecule has 1 aromatic heterocycles. The molecule has 0 amide bonds. The molecule has 3 aromatic rings. The lowest BCUT2D eigenvalue weighted by molar-refractivity contribution is 0.284. The number of hydrogen-bond donors (Lipinski definition) is 0. The Balaban J connectivity index is 0.00000132. The van der Waals surface area contributed by atoms with E-state index < -0.39 is 0 Å². The van der Waals surface area contributed by atoms with E-state index in [1.54, 1.807) is 0 Å². The van der Waals surface area contributed by atoms with E-state index in [9.17, 15) is 0 Å². The van der Waals surface area contributed by atoms with Gasteiger partial charge in [0.25, 0.3) is 0 Å². The van der Waals surface area contributed by atoms with Gasteiger partial charge in [-0.1, -0.05) is 76.1 Å². The summed E-state index contributed by atoms with van der Waals surface area (Å²) in [5.74, 6) is 0. The van der Waals surface area contributed by atoms with Gasteiger partial charge in [0.05, 0.1) is 12.0 Å². The van der Waals surface area contributed by atoms with Gasteiger partial charge in [0.1, 0.15) is 0 Å². The van der Waals surface area contributed by atoms with Crippen molar-refractivity contribution in [2.75, 3.05) is 7.05 Å². The first-order valence-electron chi connectivity index (χ1n) is 11.6. The van der Waals surface area contributed by atoms with Crippen molar-refractivity contribution < 1.29 is 0 Å². The minimum atomic E-state index is 0.607. The van der Waals surface area contributed by atoms with E-state index in [2.05, 4.69) is 59.9 Å². The molecule has 0 bridgehead atoms. The summed E-state index contributed by atoms with van der Waals surface area (Å²) in [5.41, 5.74) is 4.58. The minimum absolute atomic E-state index is 0.607. The molecule has 0 N–H and O–H groups in total.